The third-order valence-electron chi connectivity index (χ3n) is 3.02. The Labute approximate surface area is 107 Å². The predicted octanol–water partition coefficient (Wildman–Crippen LogP) is 1.28. The van der Waals surface area contributed by atoms with Crippen molar-refractivity contribution >= 4 is 11.9 Å². The molecule has 0 unspecified atom stereocenters. The number of carboxylic acid groups (broad SMARTS) is 1. The van der Waals surface area contributed by atoms with Crippen LogP contribution in [-0.2, 0) is 4.79 Å². The van der Waals surface area contributed by atoms with Crippen LogP contribution in [0, 0.1) is 0 Å². The number of hydrogen-bond acceptors (Lipinski definition) is 5. The van der Waals surface area contributed by atoms with Crippen LogP contribution in [0.15, 0.2) is 33.4 Å². The van der Waals surface area contributed by atoms with E-state index < -0.39 is 17.4 Å². The Balaban J connectivity index is 1.76. The van der Waals surface area contributed by atoms with E-state index in [4.69, 9.17) is 14.0 Å². The summed E-state index contributed by atoms with van der Waals surface area (Å²) < 4.78 is 10.1. The number of nitrogens with one attached hydrogen (secondary N) is 1. The molecule has 0 radical (unpaired) electrons. The molecule has 0 aliphatic heterocycles. The molecule has 2 aromatic rings. The van der Waals surface area contributed by atoms with Gasteiger partial charge >= 0.3 is 5.97 Å². The lowest BCUT2D eigenvalue weighted by atomic mass is 10.2. The summed E-state index contributed by atoms with van der Waals surface area (Å²) in [5, 5.41) is 15.0. The quantitative estimate of drug-likeness (QED) is 0.859. The Morgan fingerprint density at radius 2 is 2.16 bits per heavy atom. The van der Waals surface area contributed by atoms with E-state index >= 15 is 0 Å². The number of carbonyl (C=O) groups is 2. The fraction of sp³-hybridized carbons (Fsp3) is 0.250. The zero-order valence-electron chi connectivity index (χ0n) is 9.75. The monoisotopic (exact) mass is 262 g/mol. The van der Waals surface area contributed by atoms with Gasteiger partial charge in [0.05, 0.1) is 6.26 Å². The molecule has 2 aromatic heterocycles. The number of carbonyl (C=O) groups excluding carboxylic acids is 1. The number of nitrogens with zero attached hydrogens (tertiary/aromatic N) is 1. The molecule has 98 valence electrons. The topological polar surface area (TPSA) is 106 Å². The molecule has 2 heterocycles. The van der Waals surface area contributed by atoms with Gasteiger partial charge in [-0.1, -0.05) is 5.16 Å². The zero-order chi connectivity index (χ0) is 13.5. The van der Waals surface area contributed by atoms with Crippen molar-refractivity contribution in [1.82, 2.24) is 10.5 Å². The molecule has 0 saturated heterocycles. The summed E-state index contributed by atoms with van der Waals surface area (Å²) in [6, 6.07) is 4.76. The number of furan rings is 1. The van der Waals surface area contributed by atoms with E-state index in [2.05, 4.69) is 10.5 Å². The lowest BCUT2D eigenvalue weighted by molar-refractivity contribution is -0.140. The first-order valence-corrected chi connectivity index (χ1v) is 5.67. The van der Waals surface area contributed by atoms with E-state index in [1.54, 1.807) is 12.1 Å². The molecule has 0 atom stereocenters. The minimum absolute atomic E-state index is 0.0268. The van der Waals surface area contributed by atoms with Gasteiger partial charge in [-0.3, -0.25) is 4.79 Å². The highest BCUT2D eigenvalue weighted by atomic mass is 16.5. The molecule has 19 heavy (non-hydrogen) atoms. The Kier molecular flexibility index (Phi) is 2.41. The van der Waals surface area contributed by atoms with Gasteiger partial charge in [0.25, 0.3) is 5.91 Å². The second-order valence-electron chi connectivity index (χ2n) is 4.40. The van der Waals surface area contributed by atoms with Gasteiger partial charge in [0.15, 0.2) is 11.5 Å². The van der Waals surface area contributed by atoms with E-state index in [1.165, 1.54) is 12.3 Å². The molecule has 1 aliphatic carbocycles. The molecule has 1 aliphatic rings. The maximum absolute atomic E-state index is 11.9. The Bertz CT molecular complexity index is 624. The number of hydrogen-bond donors (Lipinski definition) is 2. The smallest absolute Gasteiger partial charge is 0.329 e. The van der Waals surface area contributed by atoms with E-state index in [-0.39, 0.29) is 5.69 Å². The highest BCUT2D eigenvalue weighted by Crippen LogP contribution is 2.35. The van der Waals surface area contributed by atoms with Gasteiger partial charge in [-0.05, 0) is 25.0 Å². The minimum Gasteiger partial charge on any atom is -0.480 e. The van der Waals surface area contributed by atoms with Gasteiger partial charge in [-0.15, -0.1) is 0 Å². The summed E-state index contributed by atoms with van der Waals surface area (Å²) in [5.41, 5.74) is -1.11. The van der Waals surface area contributed by atoms with E-state index in [1.807, 2.05) is 0 Å². The molecule has 1 fully saturated rings. The van der Waals surface area contributed by atoms with Crippen LogP contribution in [0.5, 0.6) is 0 Å². The van der Waals surface area contributed by atoms with Crippen LogP contribution in [0.4, 0.5) is 0 Å². The van der Waals surface area contributed by atoms with Crippen molar-refractivity contribution in [3.63, 3.8) is 0 Å². The van der Waals surface area contributed by atoms with Crippen LogP contribution in [0.1, 0.15) is 23.3 Å². The standard InChI is InChI=1S/C12H10N2O5/c15-10(13-12(3-4-12)11(16)17)7-6-9(19-14-7)8-2-1-5-18-8/h1-2,5-6H,3-4H2,(H,13,15)(H,16,17). The number of aromatic nitrogens is 1. The first-order valence-electron chi connectivity index (χ1n) is 5.67. The molecule has 7 nitrogen and oxygen atoms in total. The SMILES string of the molecule is O=C(NC1(C(=O)O)CC1)c1cc(-c2ccco2)on1. The molecule has 1 amide bonds. The molecular formula is C12H10N2O5. The van der Waals surface area contributed by atoms with Crippen molar-refractivity contribution in [3.05, 3.63) is 30.2 Å². The molecule has 2 N–H and O–H groups in total. The van der Waals surface area contributed by atoms with Crippen molar-refractivity contribution < 1.29 is 23.6 Å². The third-order valence-corrected chi connectivity index (χ3v) is 3.02. The normalized spacial score (nSPS) is 16.0. The summed E-state index contributed by atoms with van der Waals surface area (Å²) in [6.07, 6.45) is 2.33. The lowest BCUT2D eigenvalue weighted by Gasteiger charge is -2.10. The van der Waals surface area contributed by atoms with Gasteiger partial charge in [0, 0.05) is 6.07 Å². The average Bonchev–Trinajstić information content (AvgIpc) is 2.87. The average molecular weight is 262 g/mol. The van der Waals surface area contributed by atoms with Gasteiger partial charge in [0.1, 0.15) is 5.54 Å². The van der Waals surface area contributed by atoms with Crippen LogP contribution in [0.25, 0.3) is 11.5 Å². The van der Waals surface area contributed by atoms with Crippen LogP contribution < -0.4 is 5.32 Å². The van der Waals surface area contributed by atoms with E-state index in [0.717, 1.165) is 0 Å². The maximum Gasteiger partial charge on any atom is 0.329 e. The van der Waals surface area contributed by atoms with Crippen molar-refractivity contribution in [2.24, 2.45) is 0 Å². The molecule has 3 rings (SSSR count). The molecular weight excluding hydrogens is 252 g/mol. The molecule has 0 spiro atoms. The molecule has 1 saturated carbocycles. The van der Waals surface area contributed by atoms with Gasteiger partial charge < -0.3 is 19.4 Å². The summed E-state index contributed by atoms with van der Waals surface area (Å²) >= 11 is 0. The van der Waals surface area contributed by atoms with E-state index in [9.17, 15) is 9.59 Å². The number of carboxylic acids is 1. The van der Waals surface area contributed by atoms with Crippen molar-refractivity contribution in [2.75, 3.05) is 0 Å². The van der Waals surface area contributed by atoms with Gasteiger partial charge in [-0.25, -0.2) is 4.79 Å². The minimum atomic E-state index is -1.14. The van der Waals surface area contributed by atoms with Crippen molar-refractivity contribution in [1.29, 1.82) is 0 Å². The third kappa shape index (κ3) is 1.99. The largest absolute Gasteiger partial charge is 0.480 e. The van der Waals surface area contributed by atoms with Crippen LogP contribution >= 0.6 is 0 Å². The Hall–Kier alpha value is -2.57. The summed E-state index contributed by atoms with van der Waals surface area (Å²) in [7, 11) is 0. The first-order chi connectivity index (χ1) is 9.11. The summed E-state index contributed by atoms with van der Waals surface area (Å²) in [6.45, 7) is 0. The van der Waals surface area contributed by atoms with Crippen molar-refractivity contribution in [3.8, 4) is 11.5 Å². The second kappa shape index (κ2) is 3.98. The molecule has 0 aromatic carbocycles. The van der Waals surface area contributed by atoms with E-state index in [0.29, 0.717) is 24.4 Å². The van der Waals surface area contributed by atoms with Crippen molar-refractivity contribution in [2.45, 2.75) is 18.4 Å². The molecule has 7 heteroatoms. The number of aliphatic carboxylic acids is 1. The Morgan fingerprint density at radius 3 is 2.74 bits per heavy atom. The van der Waals surface area contributed by atoms with Crippen LogP contribution in [-0.4, -0.2) is 27.7 Å². The van der Waals surface area contributed by atoms with Gasteiger partial charge in [-0.2, -0.15) is 0 Å². The van der Waals surface area contributed by atoms with Crippen LogP contribution in [0.2, 0.25) is 0 Å². The summed E-state index contributed by atoms with van der Waals surface area (Å²) in [5.74, 6) is -0.835. The fourth-order valence-electron chi connectivity index (χ4n) is 1.72. The number of amides is 1. The van der Waals surface area contributed by atoms with Gasteiger partial charge in [0.2, 0.25) is 5.76 Å². The lowest BCUT2D eigenvalue weighted by Crippen LogP contribution is -2.43. The zero-order valence-corrected chi connectivity index (χ0v) is 9.75. The highest BCUT2D eigenvalue weighted by Gasteiger charge is 2.52. The predicted molar refractivity (Wildman–Crippen MR) is 61.3 cm³/mol. The molecule has 0 bridgehead atoms. The second-order valence-corrected chi connectivity index (χ2v) is 4.40. The highest BCUT2D eigenvalue weighted by molar-refractivity contribution is 5.98. The number of rotatable bonds is 4. The maximum atomic E-state index is 11.9. The summed E-state index contributed by atoms with van der Waals surface area (Å²) in [4.78, 5) is 22.8. The van der Waals surface area contributed by atoms with Crippen LogP contribution in [0.3, 0.4) is 0 Å². The Morgan fingerprint density at radius 1 is 1.37 bits per heavy atom. The first kappa shape index (κ1) is 11.5. The fourth-order valence-corrected chi connectivity index (χ4v) is 1.72.